The monoisotopic (exact) mass is 331 g/mol. The van der Waals surface area contributed by atoms with Gasteiger partial charge in [0.05, 0.1) is 13.5 Å². The highest BCUT2D eigenvalue weighted by molar-refractivity contribution is 5.79. The summed E-state index contributed by atoms with van der Waals surface area (Å²) in [7, 11) is 1.51. The third-order valence-electron chi connectivity index (χ3n) is 4.61. The first-order valence-electron chi connectivity index (χ1n) is 8.94. The molecule has 132 valence electrons. The fourth-order valence-corrected chi connectivity index (χ4v) is 3.21. The number of hydrogen-bond donors (Lipinski definition) is 2. The highest BCUT2D eigenvalue weighted by atomic mass is 16.5. The molecule has 0 atom stereocenters. The molecule has 0 unspecified atom stereocenters. The van der Waals surface area contributed by atoms with E-state index in [1.807, 2.05) is 0 Å². The van der Waals surface area contributed by atoms with Gasteiger partial charge < -0.3 is 15.2 Å². The number of methoxy groups -OCH3 is 1. The SMILES string of the molecule is CCCC=CC1CCC(NC(=O)Cc2ccc(O)c(OC)c2)CC1. The van der Waals surface area contributed by atoms with Crippen molar-refractivity contribution in [1.82, 2.24) is 5.32 Å². The number of carbonyl (C=O) groups is 1. The molecule has 1 fully saturated rings. The number of allylic oxidation sites excluding steroid dienone is 2. The number of phenols is 1. The molecule has 0 spiro atoms. The summed E-state index contributed by atoms with van der Waals surface area (Å²) in [5.41, 5.74) is 0.846. The van der Waals surface area contributed by atoms with Crippen LogP contribution in [0.3, 0.4) is 0 Å². The second-order valence-corrected chi connectivity index (χ2v) is 6.58. The minimum absolute atomic E-state index is 0.0349. The molecule has 1 aromatic carbocycles. The molecule has 1 aliphatic rings. The molecule has 1 aliphatic carbocycles. The van der Waals surface area contributed by atoms with Crippen LogP contribution in [0, 0.1) is 5.92 Å². The Balaban J connectivity index is 1.77. The van der Waals surface area contributed by atoms with Crippen LogP contribution in [0.25, 0.3) is 0 Å². The third-order valence-corrected chi connectivity index (χ3v) is 4.61. The summed E-state index contributed by atoms with van der Waals surface area (Å²) in [4.78, 5) is 12.2. The van der Waals surface area contributed by atoms with Crippen molar-refractivity contribution in [2.45, 2.75) is 57.9 Å². The lowest BCUT2D eigenvalue weighted by Gasteiger charge is -2.27. The number of phenolic OH excluding ortho intramolecular Hbond substituents is 1. The normalized spacial score (nSPS) is 20.9. The molecular formula is C20H29NO3. The molecule has 0 bridgehead atoms. The van der Waals surface area contributed by atoms with Crippen molar-refractivity contribution in [3.63, 3.8) is 0 Å². The van der Waals surface area contributed by atoms with E-state index in [-0.39, 0.29) is 17.7 Å². The van der Waals surface area contributed by atoms with E-state index in [0.29, 0.717) is 18.1 Å². The van der Waals surface area contributed by atoms with Crippen molar-refractivity contribution in [1.29, 1.82) is 0 Å². The Kier molecular flexibility index (Phi) is 7.16. The van der Waals surface area contributed by atoms with E-state index in [0.717, 1.165) is 37.7 Å². The van der Waals surface area contributed by atoms with Gasteiger partial charge in [0.1, 0.15) is 0 Å². The topological polar surface area (TPSA) is 58.6 Å². The van der Waals surface area contributed by atoms with E-state index in [1.165, 1.54) is 13.5 Å². The van der Waals surface area contributed by atoms with Crippen molar-refractivity contribution in [3.8, 4) is 11.5 Å². The van der Waals surface area contributed by atoms with E-state index in [4.69, 9.17) is 4.74 Å². The van der Waals surface area contributed by atoms with Crippen molar-refractivity contribution in [2.24, 2.45) is 5.92 Å². The third kappa shape index (κ3) is 5.59. The summed E-state index contributed by atoms with van der Waals surface area (Å²) >= 11 is 0. The predicted octanol–water partition coefficient (Wildman–Crippen LogP) is 3.97. The molecule has 24 heavy (non-hydrogen) atoms. The Labute approximate surface area is 144 Å². The second-order valence-electron chi connectivity index (χ2n) is 6.58. The number of hydrogen-bond acceptors (Lipinski definition) is 3. The number of carbonyl (C=O) groups excluding carboxylic acids is 1. The fraction of sp³-hybridized carbons (Fsp3) is 0.550. The zero-order valence-electron chi connectivity index (χ0n) is 14.8. The van der Waals surface area contributed by atoms with Gasteiger partial charge in [0, 0.05) is 6.04 Å². The van der Waals surface area contributed by atoms with Gasteiger partial charge in [-0.05, 0) is 55.7 Å². The maximum Gasteiger partial charge on any atom is 0.224 e. The van der Waals surface area contributed by atoms with Crippen LogP contribution < -0.4 is 10.1 Å². The van der Waals surface area contributed by atoms with Crippen LogP contribution in [-0.4, -0.2) is 24.2 Å². The summed E-state index contributed by atoms with van der Waals surface area (Å²) in [6, 6.07) is 5.32. The van der Waals surface area contributed by atoms with Gasteiger partial charge in [-0.3, -0.25) is 4.79 Å². The van der Waals surface area contributed by atoms with E-state index >= 15 is 0 Å². The van der Waals surface area contributed by atoms with Crippen molar-refractivity contribution >= 4 is 5.91 Å². The maximum atomic E-state index is 12.2. The van der Waals surface area contributed by atoms with Crippen LogP contribution in [0.15, 0.2) is 30.4 Å². The maximum absolute atomic E-state index is 12.2. The molecule has 4 nitrogen and oxygen atoms in total. The highest BCUT2D eigenvalue weighted by Crippen LogP contribution is 2.27. The Morgan fingerprint density at radius 2 is 2.08 bits per heavy atom. The first kappa shape index (κ1) is 18.4. The molecule has 0 aromatic heterocycles. The van der Waals surface area contributed by atoms with E-state index in [1.54, 1.807) is 18.2 Å². The summed E-state index contributed by atoms with van der Waals surface area (Å²) in [6.45, 7) is 2.19. The lowest BCUT2D eigenvalue weighted by molar-refractivity contribution is -0.121. The zero-order valence-corrected chi connectivity index (χ0v) is 14.8. The number of amides is 1. The van der Waals surface area contributed by atoms with Crippen LogP contribution in [0.4, 0.5) is 0 Å². The minimum atomic E-state index is 0.0349. The summed E-state index contributed by atoms with van der Waals surface area (Å²) < 4.78 is 5.08. The summed E-state index contributed by atoms with van der Waals surface area (Å²) in [6.07, 6.45) is 11.7. The molecule has 4 heteroatoms. The van der Waals surface area contributed by atoms with Gasteiger partial charge in [0.15, 0.2) is 11.5 Å². The van der Waals surface area contributed by atoms with Gasteiger partial charge >= 0.3 is 0 Å². The van der Waals surface area contributed by atoms with E-state index < -0.39 is 0 Å². The minimum Gasteiger partial charge on any atom is -0.504 e. The Morgan fingerprint density at radius 3 is 2.75 bits per heavy atom. The molecule has 0 radical (unpaired) electrons. The number of ether oxygens (including phenoxy) is 1. The van der Waals surface area contributed by atoms with Gasteiger partial charge in [-0.15, -0.1) is 0 Å². The molecule has 2 N–H and O–H groups in total. The first-order valence-corrected chi connectivity index (χ1v) is 8.94. The van der Waals surface area contributed by atoms with Crippen molar-refractivity contribution < 1.29 is 14.6 Å². The van der Waals surface area contributed by atoms with E-state index in [9.17, 15) is 9.90 Å². The van der Waals surface area contributed by atoms with Crippen LogP contribution >= 0.6 is 0 Å². The highest BCUT2D eigenvalue weighted by Gasteiger charge is 2.21. The van der Waals surface area contributed by atoms with Crippen LogP contribution in [0.1, 0.15) is 51.0 Å². The molecule has 1 aromatic rings. The molecular weight excluding hydrogens is 302 g/mol. The fourth-order valence-electron chi connectivity index (χ4n) is 3.21. The molecule has 0 heterocycles. The van der Waals surface area contributed by atoms with Crippen LogP contribution in [0.2, 0.25) is 0 Å². The average Bonchev–Trinajstić information content (AvgIpc) is 2.58. The second kappa shape index (κ2) is 9.36. The quantitative estimate of drug-likeness (QED) is 0.743. The van der Waals surface area contributed by atoms with Gasteiger partial charge in [-0.25, -0.2) is 0 Å². The summed E-state index contributed by atoms with van der Waals surface area (Å²) in [5, 5.41) is 12.7. The number of unbranched alkanes of at least 4 members (excludes halogenated alkanes) is 1. The van der Waals surface area contributed by atoms with E-state index in [2.05, 4.69) is 24.4 Å². The largest absolute Gasteiger partial charge is 0.504 e. The van der Waals surface area contributed by atoms with Gasteiger partial charge in [-0.2, -0.15) is 0 Å². The predicted molar refractivity (Wildman–Crippen MR) is 96.3 cm³/mol. The number of benzene rings is 1. The lowest BCUT2D eigenvalue weighted by Crippen LogP contribution is -2.38. The van der Waals surface area contributed by atoms with Gasteiger partial charge in [0.25, 0.3) is 0 Å². The van der Waals surface area contributed by atoms with Gasteiger partial charge in [-0.1, -0.05) is 31.6 Å². The van der Waals surface area contributed by atoms with Gasteiger partial charge in [0.2, 0.25) is 5.91 Å². The summed E-state index contributed by atoms with van der Waals surface area (Å²) in [5.74, 6) is 1.20. The Hall–Kier alpha value is -1.97. The standard InChI is InChI=1S/C20H29NO3/c1-3-4-5-6-15-7-10-17(11-8-15)21-20(23)14-16-9-12-18(22)19(13-16)24-2/h5-6,9,12-13,15,17,22H,3-4,7-8,10-11,14H2,1-2H3,(H,21,23). The number of rotatable bonds is 7. The van der Waals surface area contributed by atoms with Crippen LogP contribution in [-0.2, 0) is 11.2 Å². The van der Waals surface area contributed by atoms with Crippen molar-refractivity contribution in [2.75, 3.05) is 7.11 Å². The molecule has 0 aliphatic heterocycles. The Bertz CT molecular complexity index is 560. The number of aromatic hydroxyl groups is 1. The molecule has 0 saturated heterocycles. The zero-order chi connectivity index (χ0) is 17.4. The molecule has 1 saturated carbocycles. The Morgan fingerprint density at radius 1 is 1.33 bits per heavy atom. The first-order chi connectivity index (χ1) is 11.6. The lowest BCUT2D eigenvalue weighted by atomic mass is 9.85. The molecule has 1 amide bonds. The average molecular weight is 331 g/mol. The molecule has 2 rings (SSSR count). The smallest absolute Gasteiger partial charge is 0.224 e. The van der Waals surface area contributed by atoms with Crippen molar-refractivity contribution in [3.05, 3.63) is 35.9 Å². The van der Waals surface area contributed by atoms with Crippen LogP contribution in [0.5, 0.6) is 11.5 Å². The number of nitrogens with one attached hydrogen (secondary N) is 1.